The molecule has 130 valence electrons. The van der Waals surface area contributed by atoms with Gasteiger partial charge in [-0.05, 0) is 36.8 Å². The van der Waals surface area contributed by atoms with Gasteiger partial charge in [-0.3, -0.25) is 9.59 Å². The van der Waals surface area contributed by atoms with Crippen molar-refractivity contribution in [2.75, 3.05) is 19.0 Å². The Morgan fingerprint density at radius 2 is 1.72 bits per heavy atom. The molecular weight excluding hydrogens is 320 g/mol. The van der Waals surface area contributed by atoms with Crippen LogP contribution >= 0.6 is 0 Å². The van der Waals surface area contributed by atoms with Crippen LogP contribution in [-0.2, 0) is 9.53 Å². The van der Waals surface area contributed by atoms with E-state index < -0.39 is 5.97 Å². The van der Waals surface area contributed by atoms with Gasteiger partial charge in [-0.15, -0.1) is 0 Å². The number of carbonyl (C=O) groups is 3. The smallest absolute Gasteiger partial charge is 0.337 e. The van der Waals surface area contributed by atoms with Crippen LogP contribution in [0, 0.1) is 6.92 Å². The molecule has 2 aromatic carbocycles. The summed E-state index contributed by atoms with van der Waals surface area (Å²) in [5.74, 6) is -0.943. The van der Waals surface area contributed by atoms with Crippen molar-refractivity contribution in [2.45, 2.75) is 13.3 Å². The van der Waals surface area contributed by atoms with E-state index in [1.54, 1.807) is 42.5 Å². The lowest BCUT2D eigenvalue weighted by atomic mass is 10.1. The van der Waals surface area contributed by atoms with Gasteiger partial charge in [-0.25, -0.2) is 4.79 Å². The highest BCUT2D eigenvalue weighted by atomic mass is 16.5. The fourth-order valence-corrected chi connectivity index (χ4v) is 2.20. The number of methoxy groups -OCH3 is 1. The Balaban J connectivity index is 1.88. The minimum atomic E-state index is -0.467. The number of ether oxygens (including phenoxy) is 1. The van der Waals surface area contributed by atoms with Crippen molar-refractivity contribution in [3.8, 4) is 0 Å². The monoisotopic (exact) mass is 340 g/mol. The number of rotatable bonds is 6. The zero-order chi connectivity index (χ0) is 18.2. The highest BCUT2D eigenvalue weighted by molar-refractivity contribution is 5.96. The van der Waals surface area contributed by atoms with Gasteiger partial charge in [0.1, 0.15) is 0 Å². The van der Waals surface area contributed by atoms with Crippen LogP contribution in [-0.4, -0.2) is 31.4 Å². The average molecular weight is 340 g/mol. The Morgan fingerprint density at radius 3 is 2.40 bits per heavy atom. The van der Waals surface area contributed by atoms with Gasteiger partial charge >= 0.3 is 5.97 Å². The third-order valence-electron chi connectivity index (χ3n) is 3.61. The van der Waals surface area contributed by atoms with Crippen LogP contribution in [0.1, 0.15) is 32.7 Å². The second-order valence-electron chi connectivity index (χ2n) is 5.44. The summed E-state index contributed by atoms with van der Waals surface area (Å²) in [6.45, 7) is 2.04. The molecule has 0 aliphatic heterocycles. The maximum atomic E-state index is 12.1. The van der Waals surface area contributed by atoms with Crippen LogP contribution in [0.5, 0.6) is 0 Å². The van der Waals surface area contributed by atoms with E-state index in [1.807, 2.05) is 13.0 Å². The normalized spacial score (nSPS) is 10.0. The molecule has 0 atom stereocenters. The van der Waals surface area contributed by atoms with Crippen LogP contribution in [0.2, 0.25) is 0 Å². The molecule has 2 rings (SSSR count). The summed E-state index contributed by atoms with van der Waals surface area (Å²) in [4.78, 5) is 35.5. The fourth-order valence-electron chi connectivity index (χ4n) is 2.20. The van der Waals surface area contributed by atoms with E-state index >= 15 is 0 Å². The molecule has 0 fully saturated rings. The molecule has 0 unspecified atom stereocenters. The standard InChI is InChI=1S/C19H20N2O4/c1-13-8-9-15(19(24)25-2)12-16(13)21-17(22)10-11-20-18(23)14-6-4-3-5-7-14/h3-9,12H,10-11H2,1-2H3,(H,20,23)(H,21,22). The number of anilines is 1. The molecule has 2 amide bonds. The minimum absolute atomic E-state index is 0.125. The molecule has 6 heteroatoms. The van der Waals surface area contributed by atoms with Gasteiger partial charge in [-0.1, -0.05) is 24.3 Å². The lowest BCUT2D eigenvalue weighted by Gasteiger charge is -2.10. The van der Waals surface area contributed by atoms with E-state index in [0.717, 1.165) is 5.56 Å². The molecule has 2 aromatic rings. The Morgan fingerprint density at radius 1 is 1.00 bits per heavy atom. The van der Waals surface area contributed by atoms with Gasteiger partial charge in [0.05, 0.1) is 12.7 Å². The molecule has 0 spiro atoms. The highest BCUT2D eigenvalue weighted by Crippen LogP contribution is 2.17. The molecule has 25 heavy (non-hydrogen) atoms. The number of benzene rings is 2. The first kappa shape index (κ1) is 18.2. The molecule has 0 bridgehead atoms. The van der Waals surface area contributed by atoms with Crippen molar-refractivity contribution in [1.29, 1.82) is 0 Å². The number of carbonyl (C=O) groups excluding carboxylic acids is 3. The van der Waals surface area contributed by atoms with E-state index in [9.17, 15) is 14.4 Å². The molecule has 0 heterocycles. The van der Waals surface area contributed by atoms with E-state index in [2.05, 4.69) is 15.4 Å². The van der Waals surface area contributed by atoms with E-state index in [4.69, 9.17) is 0 Å². The molecular formula is C19H20N2O4. The fraction of sp³-hybridized carbons (Fsp3) is 0.211. The van der Waals surface area contributed by atoms with E-state index in [0.29, 0.717) is 16.8 Å². The second-order valence-corrected chi connectivity index (χ2v) is 5.44. The zero-order valence-electron chi connectivity index (χ0n) is 14.2. The number of hydrogen-bond donors (Lipinski definition) is 2. The average Bonchev–Trinajstić information content (AvgIpc) is 2.63. The number of amides is 2. The molecule has 6 nitrogen and oxygen atoms in total. The first-order valence-electron chi connectivity index (χ1n) is 7.83. The van der Waals surface area contributed by atoms with Gasteiger partial charge in [0.2, 0.25) is 5.91 Å². The van der Waals surface area contributed by atoms with Gasteiger partial charge in [0.15, 0.2) is 0 Å². The van der Waals surface area contributed by atoms with Crippen molar-refractivity contribution in [1.82, 2.24) is 5.32 Å². The quantitative estimate of drug-likeness (QED) is 0.792. The van der Waals surface area contributed by atoms with Crippen LogP contribution in [0.25, 0.3) is 0 Å². The first-order chi connectivity index (χ1) is 12.0. The number of hydrogen-bond acceptors (Lipinski definition) is 4. The van der Waals surface area contributed by atoms with Gasteiger partial charge in [0.25, 0.3) is 5.91 Å². The highest BCUT2D eigenvalue weighted by Gasteiger charge is 2.11. The summed E-state index contributed by atoms with van der Waals surface area (Å²) >= 11 is 0. The number of esters is 1. The van der Waals surface area contributed by atoms with Crippen molar-refractivity contribution < 1.29 is 19.1 Å². The largest absolute Gasteiger partial charge is 0.465 e. The SMILES string of the molecule is COC(=O)c1ccc(C)c(NC(=O)CCNC(=O)c2ccccc2)c1. The lowest BCUT2D eigenvalue weighted by Crippen LogP contribution is -2.27. The lowest BCUT2D eigenvalue weighted by molar-refractivity contribution is -0.116. The minimum Gasteiger partial charge on any atom is -0.465 e. The Labute approximate surface area is 146 Å². The first-order valence-corrected chi connectivity index (χ1v) is 7.83. The summed E-state index contributed by atoms with van der Waals surface area (Å²) in [5.41, 5.74) is 2.28. The third kappa shape index (κ3) is 5.17. The van der Waals surface area contributed by atoms with Crippen molar-refractivity contribution in [3.05, 3.63) is 65.2 Å². The predicted molar refractivity (Wildman–Crippen MR) is 94.5 cm³/mol. The molecule has 0 aliphatic carbocycles. The Kier molecular flexibility index (Phi) is 6.28. The molecule has 0 radical (unpaired) electrons. The van der Waals surface area contributed by atoms with Gasteiger partial charge in [-0.2, -0.15) is 0 Å². The third-order valence-corrected chi connectivity index (χ3v) is 3.61. The van der Waals surface area contributed by atoms with E-state index in [-0.39, 0.29) is 24.8 Å². The topological polar surface area (TPSA) is 84.5 Å². The van der Waals surface area contributed by atoms with Crippen molar-refractivity contribution >= 4 is 23.5 Å². The molecule has 0 aromatic heterocycles. The summed E-state index contributed by atoms with van der Waals surface area (Å²) in [7, 11) is 1.30. The van der Waals surface area contributed by atoms with Crippen LogP contribution in [0.3, 0.4) is 0 Å². The molecule has 0 aliphatic rings. The van der Waals surface area contributed by atoms with Crippen LogP contribution in [0.4, 0.5) is 5.69 Å². The molecule has 0 saturated heterocycles. The summed E-state index contributed by atoms with van der Waals surface area (Å²) in [6.07, 6.45) is 0.125. The summed E-state index contributed by atoms with van der Waals surface area (Å²) in [6, 6.07) is 13.7. The van der Waals surface area contributed by atoms with Crippen LogP contribution in [0.15, 0.2) is 48.5 Å². The maximum absolute atomic E-state index is 12.1. The number of aryl methyl sites for hydroxylation is 1. The van der Waals surface area contributed by atoms with Crippen LogP contribution < -0.4 is 10.6 Å². The Hall–Kier alpha value is -3.15. The maximum Gasteiger partial charge on any atom is 0.337 e. The predicted octanol–water partition coefficient (Wildman–Crippen LogP) is 2.54. The second kappa shape index (κ2) is 8.63. The summed E-state index contributed by atoms with van der Waals surface area (Å²) in [5, 5.41) is 5.44. The number of nitrogens with one attached hydrogen (secondary N) is 2. The Bertz CT molecular complexity index is 772. The van der Waals surface area contributed by atoms with Crippen molar-refractivity contribution in [3.63, 3.8) is 0 Å². The molecule has 0 saturated carbocycles. The van der Waals surface area contributed by atoms with Gasteiger partial charge in [0, 0.05) is 24.2 Å². The van der Waals surface area contributed by atoms with E-state index in [1.165, 1.54) is 7.11 Å². The van der Waals surface area contributed by atoms with Gasteiger partial charge < -0.3 is 15.4 Å². The van der Waals surface area contributed by atoms with Crippen molar-refractivity contribution in [2.24, 2.45) is 0 Å². The zero-order valence-corrected chi connectivity index (χ0v) is 14.2. The molecule has 2 N–H and O–H groups in total. The summed E-state index contributed by atoms with van der Waals surface area (Å²) < 4.78 is 4.67.